The molecule has 1 saturated heterocycles. The number of nitrogens with zero attached hydrogens (tertiary/aromatic N) is 2. The molecule has 0 N–H and O–H groups in total. The molecule has 1 aliphatic heterocycles. The van der Waals surface area contributed by atoms with Gasteiger partial charge in [0.1, 0.15) is 0 Å². The van der Waals surface area contributed by atoms with Gasteiger partial charge >= 0.3 is 0 Å². The van der Waals surface area contributed by atoms with Crippen molar-refractivity contribution in [2.24, 2.45) is 5.92 Å². The van der Waals surface area contributed by atoms with E-state index in [1.165, 1.54) is 0 Å². The monoisotopic (exact) mass is 476 g/mol. The first-order chi connectivity index (χ1) is 15.1. The van der Waals surface area contributed by atoms with Crippen LogP contribution in [0.5, 0.6) is 0 Å². The fourth-order valence-electron chi connectivity index (χ4n) is 4.00. The Labute approximate surface area is 191 Å². The minimum absolute atomic E-state index is 0.0302. The summed E-state index contributed by atoms with van der Waals surface area (Å²) >= 11 is 3.40. The summed E-state index contributed by atoms with van der Waals surface area (Å²) in [5, 5.41) is 0. The van der Waals surface area contributed by atoms with Gasteiger partial charge < -0.3 is 9.80 Å². The molecule has 1 heterocycles. The van der Waals surface area contributed by atoms with Gasteiger partial charge in [-0.15, -0.1) is 0 Å². The number of hydrogen-bond acceptors (Lipinski definition) is 2. The highest BCUT2D eigenvalue weighted by molar-refractivity contribution is 9.10. The Morgan fingerprint density at radius 2 is 1.42 bits per heavy atom. The van der Waals surface area contributed by atoms with Crippen molar-refractivity contribution in [3.05, 3.63) is 101 Å². The highest BCUT2D eigenvalue weighted by Gasteiger charge is 2.31. The molecule has 0 radical (unpaired) electrons. The lowest BCUT2D eigenvalue weighted by molar-refractivity contribution is -0.123. The van der Waals surface area contributed by atoms with Crippen LogP contribution in [-0.4, -0.2) is 29.8 Å². The van der Waals surface area contributed by atoms with Crippen LogP contribution in [0.1, 0.15) is 28.8 Å². The van der Waals surface area contributed by atoms with Gasteiger partial charge in [-0.2, -0.15) is 0 Å². The van der Waals surface area contributed by atoms with E-state index in [0.717, 1.165) is 15.7 Å². The zero-order valence-electron chi connectivity index (χ0n) is 17.3. The molecule has 0 bridgehead atoms. The number of hydrogen-bond donors (Lipinski definition) is 0. The molecule has 4 nitrogen and oxygen atoms in total. The molecule has 1 fully saturated rings. The molecule has 158 valence electrons. The molecule has 3 aromatic rings. The summed E-state index contributed by atoms with van der Waals surface area (Å²) in [7, 11) is 0. The normalized spacial score (nSPS) is 14.3. The van der Waals surface area contributed by atoms with Crippen molar-refractivity contribution >= 4 is 33.4 Å². The second-order valence-electron chi connectivity index (χ2n) is 7.82. The van der Waals surface area contributed by atoms with Gasteiger partial charge in [-0.05, 0) is 54.8 Å². The van der Waals surface area contributed by atoms with Gasteiger partial charge in [0.25, 0.3) is 5.91 Å². The van der Waals surface area contributed by atoms with Crippen LogP contribution >= 0.6 is 15.9 Å². The van der Waals surface area contributed by atoms with E-state index in [-0.39, 0.29) is 17.7 Å². The van der Waals surface area contributed by atoms with E-state index >= 15 is 0 Å². The molecule has 2 amide bonds. The Hall–Kier alpha value is -2.92. The van der Waals surface area contributed by atoms with E-state index < -0.39 is 0 Å². The molecule has 4 rings (SSSR count). The first-order valence-electron chi connectivity index (χ1n) is 10.6. The third-order valence-corrected chi connectivity index (χ3v) is 6.27. The largest absolute Gasteiger partial charge is 0.339 e. The van der Waals surface area contributed by atoms with Gasteiger partial charge in [-0.25, -0.2) is 0 Å². The maximum atomic E-state index is 13.5. The van der Waals surface area contributed by atoms with Crippen LogP contribution in [0.4, 0.5) is 5.69 Å². The van der Waals surface area contributed by atoms with Gasteiger partial charge in [-0.3, -0.25) is 9.59 Å². The molecule has 3 aromatic carbocycles. The van der Waals surface area contributed by atoms with Crippen molar-refractivity contribution in [3.63, 3.8) is 0 Å². The van der Waals surface area contributed by atoms with Crippen molar-refractivity contribution in [3.8, 4) is 0 Å². The highest BCUT2D eigenvalue weighted by Crippen LogP contribution is 2.26. The molecule has 5 heteroatoms. The summed E-state index contributed by atoms with van der Waals surface area (Å²) in [5.74, 6) is 0.0753. The Morgan fingerprint density at radius 1 is 0.839 bits per heavy atom. The van der Waals surface area contributed by atoms with Crippen LogP contribution in [0.2, 0.25) is 0 Å². The number of rotatable bonds is 5. The molecule has 0 unspecified atom stereocenters. The van der Waals surface area contributed by atoms with Gasteiger partial charge in [0.05, 0.1) is 6.54 Å². The molecular weight excluding hydrogens is 452 g/mol. The van der Waals surface area contributed by atoms with E-state index in [9.17, 15) is 9.59 Å². The summed E-state index contributed by atoms with van der Waals surface area (Å²) in [6.45, 7) is 1.74. The second-order valence-corrected chi connectivity index (χ2v) is 8.73. The van der Waals surface area contributed by atoms with Crippen LogP contribution in [0.25, 0.3) is 0 Å². The van der Waals surface area contributed by atoms with Crippen LogP contribution < -0.4 is 4.90 Å². The first-order valence-corrected chi connectivity index (χ1v) is 11.4. The molecule has 1 aliphatic rings. The summed E-state index contributed by atoms with van der Waals surface area (Å²) in [6.07, 6.45) is 1.36. The van der Waals surface area contributed by atoms with E-state index in [1.54, 1.807) is 0 Å². The average molecular weight is 477 g/mol. The van der Waals surface area contributed by atoms with E-state index in [1.807, 2.05) is 94.7 Å². The second kappa shape index (κ2) is 9.92. The Morgan fingerprint density at radius 3 is 2.03 bits per heavy atom. The fourth-order valence-corrected chi connectivity index (χ4v) is 4.26. The smallest absolute Gasteiger partial charge is 0.253 e. The maximum absolute atomic E-state index is 13.5. The summed E-state index contributed by atoms with van der Waals surface area (Å²) < 4.78 is 0.952. The number of benzene rings is 3. The third kappa shape index (κ3) is 5.23. The molecule has 31 heavy (non-hydrogen) atoms. The molecule has 0 aromatic heterocycles. The lowest BCUT2D eigenvalue weighted by atomic mass is 9.94. The first kappa shape index (κ1) is 21.3. The number of carbonyl (C=O) groups is 2. The molecule has 0 atom stereocenters. The predicted octanol–water partition coefficient (Wildman–Crippen LogP) is 5.53. The van der Waals surface area contributed by atoms with E-state index in [0.29, 0.717) is 38.0 Å². The predicted molar refractivity (Wildman–Crippen MR) is 127 cm³/mol. The number of likely N-dealkylation sites (tertiary alicyclic amines) is 1. The van der Waals surface area contributed by atoms with Crippen molar-refractivity contribution in [1.82, 2.24) is 4.90 Å². The topological polar surface area (TPSA) is 40.6 Å². The minimum atomic E-state index is -0.0853. The van der Waals surface area contributed by atoms with Gasteiger partial charge in [0, 0.05) is 34.7 Å². The van der Waals surface area contributed by atoms with E-state index in [2.05, 4.69) is 15.9 Å². The Kier molecular flexibility index (Phi) is 6.82. The van der Waals surface area contributed by atoms with Crippen LogP contribution in [-0.2, 0) is 11.3 Å². The molecule has 0 aliphatic carbocycles. The number of carbonyl (C=O) groups excluding carboxylic acids is 2. The summed E-state index contributed by atoms with van der Waals surface area (Å²) in [6, 6.07) is 27.3. The van der Waals surface area contributed by atoms with E-state index in [4.69, 9.17) is 0 Å². The standard InChI is InChI=1S/C26H25BrN2O2/c27-23-13-11-21(12-14-23)25(30)28-17-15-22(16-18-28)26(31)29(24-9-5-2-6-10-24)19-20-7-3-1-4-8-20/h1-14,22H,15-19H2. The minimum Gasteiger partial charge on any atom is -0.339 e. The Bertz CT molecular complexity index is 1010. The SMILES string of the molecule is O=C(c1ccc(Br)cc1)N1CCC(C(=O)N(Cc2ccccc2)c2ccccc2)CC1. The summed E-state index contributed by atoms with van der Waals surface area (Å²) in [4.78, 5) is 30.0. The highest BCUT2D eigenvalue weighted by atomic mass is 79.9. The summed E-state index contributed by atoms with van der Waals surface area (Å²) in [5.41, 5.74) is 2.69. The van der Waals surface area contributed by atoms with Crippen LogP contribution in [0.15, 0.2) is 89.4 Å². The zero-order valence-corrected chi connectivity index (χ0v) is 18.9. The van der Waals surface area contributed by atoms with Crippen molar-refractivity contribution < 1.29 is 9.59 Å². The van der Waals surface area contributed by atoms with Crippen LogP contribution in [0, 0.1) is 5.92 Å². The molecule has 0 spiro atoms. The van der Waals surface area contributed by atoms with Crippen molar-refractivity contribution in [2.45, 2.75) is 19.4 Å². The number of piperidine rings is 1. The van der Waals surface area contributed by atoms with Gasteiger partial charge in [-0.1, -0.05) is 64.5 Å². The number of halogens is 1. The lowest BCUT2D eigenvalue weighted by Crippen LogP contribution is -2.44. The van der Waals surface area contributed by atoms with Crippen molar-refractivity contribution in [2.75, 3.05) is 18.0 Å². The maximum Gasteiger partial charge on any atom is 0.253 e. The molecular formula is C26H25BrN2O2. The lowest BCUT2D eigenvalue weighted by Gasteiger charge is -2.34. The van der Waals surface area contributed by atoms with Gasteiger partial charge in [0.2, 0.25) is 5.91 Å². The third-order valence-electron chi connectivity index (χ3n) is 5.74. The Balaban J connectivity index is 1.45. The number of anilines is 1. The van der Waals surface area contributed by atoms with Crippen molar-refractivity contribution in [1.29, 1.82) is 0 Å². The number of amides is 2. The fraction of sp³-hybridized carbons (Fsp3) is 0.231. The average Bonchev–Trinajstić information content (AvgIpc) is 2.83. The zero-order chi connectivity index (χ0) is 21.6. The number of para-hydroxylation sites is 1. The van der Waals surface area contributed by atoms with Gasteiger partial charge in [0.15, 0.2) is 0 Å². The van der Waals surface area contributed by atoms with Crippen LogP contribution in [0.3, 0.4) is 0 Å². The quantitative estimate of drug-likeness (QED) is 0.485. The molecule has 0 saturated carbocycles.